The molecular formula is C27H48NO2+. The molecule has 0 bridgehead atoms. The molecule has 1 aromatic carbocycles. The predicted molar refractivity (Wildman–Crippen MR) is 128 cm³/mol. The third kappa shape index (κ3) is 15.5. The Hall–Kier alpha value is -1.35. The van der Waals surface area contributed by atoms with Crippen molar-refractivity contribution in [3.8, 4) is 0 Å². The molecule has 0 fully saturated rings. The Balaban J connectivity index is 1.93. The third-order valence-corrected chi connectivity index (χ3v) is 5.92. The highest BCUT2D eigenvalue weighted by molar-refractivity contribution is 5.70. The van der Waals surface area contributed by atoms with Gasteiger partial charge >= 0.3 is 5.97 Å². The molecule has 0 saturated carbocycles. The zero-order valence-corrected chi connectivity index (χ0v) is 20.2. The van der Waals surface area contributed by atoms with Crippen molar-refractivity contribution in [1.82, 2.24) is 0 Å². The van der Waals surface area contributed by atoms with Gasteiger partial charge in [-0.2, -0.15) is 0 Å². The number of quaternary nitrogens is 1. The lowest BCUT2D eigenvalue weighted by atomic mass is 10.0. The first kappa shape index (κ1) is 26.7. The fourth-order valence-corrected chi connectivity index (χ4v) is 3.95. The third-order valence-electron chi connectivity index (χ3n) is 5.92. The van der Waals surface area contributed by atoms with Crippen molar-refractivity contribution in [2.24, 2.45) is 0 Å². The Morgan fingerprint density at radius 2 is 1.20 bits per heavy atom. The molecule has 0 spiro atoms. The quantitative estimate of drug-likeness (QED) is 0.134. The minimum absolute atomic E-state index is 0.103. The normalized spacial score (nSPS) is 11.6. The van der Waals surface area contributed by atoms with E-state index in [0.29, 0.717) is 17.6 Å². The first-order valence-electron chi connectivity index (χ1n) is 12.5. The van der Waals surface area contributed by atoms with Crippen LogP contribution >= 0.6 is 0 Å². The summed E-state index contributed by atoms with van der Waals surface area (Å²) in [7, 11) is 4.26. The van der Waals surface area contributed by atoms with Gasteiger partial charge in [0.2, 0.25) is 0 Å². The second-order valence-electron chi connectivity index (χ2n) is 9.56. The van der Waals surface area contributed by atoms with E-state index in [4.69, 9.17) is 4.74 Å². The molecule has 0 atom stereocenters. The summed E-state index contributed by atoms with van der Waals surface area (Å²) in [5.41, 5.74) is 1.04. The second-order valence-corrected chi connectivity index (χ2v) is 9.56. The topological polar surface area (TPSA) is 26.3 Å². The summed E-state index contributed by atoms with van der Waals surface area (Å²) in [6, 6.07) is 9.89. The average Bonchev–Trinajstić information content (AvgIpc) is 2.73. The first-order chi connectivity index (χ1) is 14.5. The molecule has 3 heteroatoms. The number of hydrogen-bond acceptors (Lipinski definition) is 2. The van der Waals surface area contributed by atoms with Crippen LogP contribution in [0.2, 0.25) is 0 Å². The van der Waals surface area contributed by atoms with Crippen molar-refractivity contribution in [2.75, 3.05) is 27.2 Å². The molecule has 1 rings (SSSR count). The van der Waals surface area contributed by atoms with Gasteiger partial charge in [-0.3, -0.25) is 0 Å². The lowest BCUT2D eigenvalue weighted by Crippen LogP contribution is -2.45. The van der Waals surface area contributed by atoms with Crippen LogP contribution in [0.5, 0.6) is 0 Å². The molecule has 0 radical (unpaired) electrons. The van der Waals surface area contributed by atoms with Gasteiger partial charge in [0.15, 0.2) is 6.54 Å². The number of hydrogen-bond donors (Lipinski definition) is 0. The van der Waals surface area contributed by atoms with E-state index in [1.54, 1.807) is 0 Å². The van der Waals surface area contributed by atoms with Gasteiger partial charge in [0.25, 0.3) is 0 Å². The molecule has 0 heterocycles. The lowest BCUT2D eigenvalue weighted by molar-refractivity contribution is -0.883. The van der Waals surface area contributed by atoms with E-state index in [2.05, 4.69) is 21.0 Å². The van der Waals surface area contributed by atoms with E-state index in [9.17, 15) is 4.79 Å². The number of unbranched alkanes of at least 4 members (excludes halogenated alkanes) is 13. The minimum atomic E-state index is -0.103. The fourth-order valence-electron chi connectivity index (χ4n) is 3.95. The van der Waals surface area contributed by atoms with Crippen LogP contribution in [0.3, 0.4) is 0 Å². The summed E-state index contributed by atoms with van der Waals surface area (Å²) in [4.78, 5) is 12.1. The molecule has 0 amide bonds. The van der Waals surface area contributed by atoms with Crippen molar-refractivity contribution in [1.29, 1.82) is 0 Å². The number of likely N-dealkylation sites (N-methyl/N-ethyl adjacent to an activating group) is 1. The number of ether oxygens (including phenoxy) is 1. The van der Waals surface area contributed by atoms with Gasteiger partial charge in [-0.15, -0.1) is 0 Å². The molecule has 1 aromatic rings. The van der Waals surface area contributed by atoms with Crippen LogP contribution in [-0.2, 0) is 16.1 Å². The second kappa shape index (κ2) is 17.3. The molecule has 0 aliphatic heterocycles. The summed E-state index contributed by atoms with van der Waals surface area (Å²) in [6.45, 7) is 4.15. The standard InChI is InChI=1S/C27H48NO2/c1-4-5-6-7-8-9-10-11-12-13-14-15-16-20-23-28(2,3)24-27(29)30-25-26-21-18-17-19-22-26/h17-19,21-22H,4-16,20,23-25H2,1-3H3/q+1. The fraction of sp³-hybridized carbons (Fsp3) is 0.741. The van der Waals surface area contributed by atoms with Crippen LogP contribution < -0.4 is 0 Å². The van der Waals surface area contributed by atoms with Crippen LogP contribution in [0.25, 0.3) is 0 Å². The number of nitrogens with zero attached hydrogens (tertiary/aromatic N) is 1. The molecule has 0 N–H and O–H groups in total. The van der Waals surface area contributed by atoms with Crippen molar-refractivity contribution in [2.45, 2.75) is 103 Å². The monoisotopic (exact) mass is 418 g/mol. The molecule has 172 valence electrons. The average molecular weight is 419 g/mol. The van der Waals surface area contributed by atoms with E-state index < -0.39 is 0 Å². The van der Waals surface area contributed by atoms with Crippen molar-refractivity contribution >= 4 is 5.97 Å². The Bertz CT molecular complexity index is 527. The Morgan fingerprint density at radius 1 is 0.733 bits per heavy atom. The smallest absolute Gasteiger partial charge is 0.362 e. The summed E-state index contributed by atoms with van der Waals surface area (Å²) < 4.78 is 6.15. The number of esters is 1. The Labute approximate surface area is 186 Å². The van der Waals surface area contributed by atoms with E-state index in [0.717, 1.165) is 12.1 Å². The Morgan fingerprint density at radius 3 is 1.70 bits per heavy atom. The number of carbonyl (C=O) groups excluding carboxylic acids is 1. The molecular weight excluding hydrogens is 370 g/mol. The molecule has 0 aromatic heterocycles. The summed E-state index contributed by atoms with van der Waals surface area (Å²) in [6.07, 6.45) is 19.3. The zero-order valence-electron chi connectivity index (χ0n) is 20.2. The maximum absolute atomic E-state index is 12.1. The van der Waals surface area contributed by atoms with Crippen LogP contribution in [0.15, 0.2) is 30.3 Å². The Kier molecular flexibility index (Phi) is 15.4. The van der Waals surface area contributed by atoms with E-state index in [1.807, 2.05) is 30.3 Å². The number of carbonyl (C=O) groups is 1. The van der Waals surface area contributed by atoms with E-state index in [-0.39, 0.29) is 5.97 Å². The molecule has 30 heavy (non-hydrogen) atoms. The van der Waals surface area contributed by atoms with Gasteiger partial charge in [0.05, 0.1) is 20.6 Å². The highest BCUT2D eigenvalue weighted by Gasteiger charge is 2.20. The van der Waals surface area contributed by atoms with Gasteiger partial charge in [0, 0.05) is 0 Å². The van der Waals surface area contributed by atoms with Gasteiger partial charge in [-0.25, -0.2) is 4.79 Å². The van der Waals surface area contributed by atoms with Crippen molar-refractivity contribution < 1.29 is 14.0 Å². The van der Waals surface area contributed by atoms with Crippen LogP contribution in [0, 0.1) is 0 Å². The van der Waals surface area contributed by atoms with Gasteiger partial charge in [-0.05, 0) is 18.4 Å². The van der Waals surface area contributed by atoms with Gasteiger partial charge in [0.1, 0.15) is 6.61 Å². The summed E-state index contributed by atoms with van der Waals surface area (Å²) in [5, 5.41) is 0. The van der Waals surface area contributed by atoms with Crippen molar-refractivity contribution in [3.63, 3.8) is 0 Å². The van der Waals surface area contributed by atoms with Crippen LogP contribution in [-0.4, -0.2) is 37.6 Å². The molecule has 3 nitrogen and oxygen atoms in total. The zero-order chi connectivity index (χ0) is 21.9. The predicted octanol–water partition coefficient (Wildman–Crippen LogP) is 7.29. The molecule has 0 saturated heterocycles. The highest BCUT2D eigenvalue weighted by Crippen LogP contribution is 2.13. The summed E-state index contributed by atoms with van der Waals surface area (Å²) in [5.74, 6) is -0.103. The number of rotatable bonds is 19. The number of benzene rings is 1. The van der Waals surface area contributed by atoms with Crippen molar-refractivity contribution in [3.05, 3.63) is 35.9 Å². The van der Waals surface area contributed by atoms with Gasteiger partial charge < -0.3 is 9.22 Å². The van der Waals surface area contributed by atoms with E-state index in [1.165, 1.54) is 89.9 Å². The molecule has 0 unspecified atom stereocenters. The minimum Gasteiger partial charge on any atom is -0.457 e. The lowest BCUT2D eigenvalue weighted by Gasteiger charge is -2.28. The van der Waals surface area contributed by atoms with E-state index >= 15 is 0 Å². The SMILES string of the molecule is CCCCCCCCCCCCCCCC[N+](C)(C)CC(=O)OCc1ccccc1. The maximum atomic E-state index is 12.1. The first-order valence-corrected chi connectivity index (χ1v) is 12.5. The van der Waals surface area contributed by atoms with Gasteiger partial charge in [-0.1, -0.05) is 114 Å². The largest absolute Gasteiger partial charge is 0.457 e. The molecule has 0 aliphatic rings. The maximum Gasteiger partial charge on any atom is 0.362 e. The molecule has 0 aliphatic carbocycles. The van der Waals surface area contributed by atoms with Crippen LogP contribution in [0.4, 0.5) is 0 Å². The van der Waals surface area contributed by atoms with Crippen LogP contribution in [0.1, 0.15) is 102 Å². The summed E-state index contributed by atoms with van der Waals surface area (Å²) >= 11 is 0. The highest BCUT2D eigenvalue weighted by atomic mass is 16.5.